The lowest BCUT2D eigenvalue weighted by molar-refractivity contribution is 0.184. The van der Waals surface area contributed by atoms with Crippen LogP contribution in [0.4, 0.5) is 10.5 Å². The van der Waals surface area contributed by atoms with Gasteiger partial charge in [0, 0.05) is 25.3 Å². The molecule has 1 N–H and O–H groups in total. The van der Waals surface area contributed by atoms with Gasteiger partial charge in [-0.25, -0.2) is 4.79 Å². The van der Waals surface area contributed by atoms with Gasteiger partial charge in [-0.05, 0) is 78.5 Å². The van der Waals surface area contributed by atoms with Crippen LogP contribution in [0.5, 0.6) is 0 Å². The van der Waals surface area contributed by atoms with Crippen molar-refractivity contribution in [3.8, 4) is 0 Å². The highest BCUT2D eigenvalue weighted by atomic mass is 16.2. The van der Waals surface area contributed by atoms with Gasteiger partial charge in [-0.2, -0.15) is 0 Å². The van der Waals surface area contributed by atoms with Crippen LogP contribution in [0, 0.1) is 0 Å². The number of hydrogen-bond acceptors (Lipinski definition) is 3. The molecule has 3 fully saturated rings. The maximum Gasteiger partial charge on any atom is 0.328 e. The van der Waals surface area contributed by atoms with Crippen LogP contribution in [0.1, 0.15) is 72.8 Å². The third kappa shape index (κ3) is 4.89. The number of piperidine rings is 1. The van der Waals surface area contributed by atoms with Gasteiger partial charge in [0.25, 0.3) is 0 Å². The lowest BCUT2D eigenvalue weighted by atomic mass is 9.84. The number of carbonyl (C=O) groups excluding carboxylic acids is 1. The maximum absolute atomic E-state index is 13.6. The minimum atomic E-state index is -0.396. The van der Waals surface area contributed by atoms with E-state index in [0.29, 0.717) is 6.04 Å². The molecule has 3 aromatic carbocycles. The molecule has 5 nitrogen and oxygen atoms in total. The van der Waals surface area contributed by atoms with Crippen molar-refractivity contribution in [1.82, 2.24) is 10.2 Å². The zero-order valence-corrected chi connectivity index (χ0v) is 22.7. The molecule has 200 valence electrons. The summed E-state index contributed by atoms with van der Waals surface area (Å²) in [5.41, 5.74) is 7.19. The second-order valence-electron chi connectivity index (χ2n) is 12.0. The van der Waals surface area contributed by atoms with Crippen LogP contribution in [-0.2, 0) is 19.4 Å². The van der Waals surface area contributed by atoms with Gasteiger partial charge in [-0.1, -0.05) is 79.9 Å². The summed E-state index contributed by atoms with van der Waals surface area (Å²) in [6.45, 7) is 2.83. The molecule has 0 atom stereocenters. The molecule has 9 aliphatic heterocycles. The molecular formula is C34H38N4O. The minimum Gasteiger partial charge on any atom is -0.299 e. The van der Waals surface area contributed by atoms with Crippen LogP contribution >= 0.6 is 0 Å². The van der Waals surface area contributed by atoms with Crippen molar-refractivity contribution in [1.29, 1.82) is 0 Å². The molecule has 13 rings (SSSR count). The summed E-state index contributed by atoms with van der Waals surface area (Å²) in [5.74, 6) is 0.912. The quantitative estimate of drug-likeness (QED) is 0.401. The molecule has 0 aromatic heterocycles. The number of amidine groups is 1. The Bertz CT molecular complexity index is 1350. The van der Waals surface area contributed by atoms with Crippen molar-refractivity contribution >= 4 is 17.6 Å². The minimum absolute atomic E-state index is 0.0286. The first kappa shape index (κ1) is 24.6. The van der Waals surface area contributed by atoms with E-state index in [1.807, 2.05) is 4.90 Å². The smallest absolute Gasteiger partial charge is 0.299 e. The van der Waals surface area contributed by atoms with E-state index < -0.39 is 5.54 Å². The summed E-state index contributed by atoms with van der Waals surface area (Å²) >= 11 is 0. The Morgan fingerprint density at radius 2 is 1.21 bits per heavy atom. The van der Waals surface area contributed by atoms with E-state index in [-0.39, 0.29) is 6.03 Å². The average molecular weight is 519 g/mol. The summed E-state index contributed by atoms with van der Waals surface area (Å²) in [4.78, 5) is 23.4. The first-order valence-electron chi connectivity index (χ1n) is 14.8. The van der Waals surface area contributed by atoms with Gasteiger partial charge < -0.3 is 0 Å². The van der Waals surface area contributed by atoms with Gasteiger partial charge in [0.05, 0.1) is 6.04 Å². The van der Waals surface area contributed by atoms with Crippen LogP contribution in [0.15, 0.2) is 77.8 Å². The number of rotatable bonds is 1. The monoisotopic (exact) mass is 518 g/mol. The highest BCUT2D eigenvalue weighted by molar-refractivity contribution is 6.19. The lowest BCUT2D eigenvalue weighted by Crippen LogP contribution is -2.57. The van der Waals surface area contributed by atoms with Gasteiger partial charge in [0.15, 0.2) is 0 Å². The SMILES string of the molecule is O=C1NC(=NC2CCCCC2)C23CCN(CC2)Cc2ccc(cc2)Cc2ccc(cc2)Cc2ccc(cc2)N13. The molecule has 10 aliphatic rings. The summed E-state index contributed by atoms with van der Waals surface area (Å²) in [6.07, 6.45) is 9.67. The fourth-order valence-electron chi connectivity index (χ4n) is 7.05. The molecule has 1 saturated carbocycles. The molecular weight excluding hydrogens is 480 g/mol. The van der Waals surface area contributed by atoms with Gasteiger partial charge in [-0.3, -0.25) is 20.1 Å². The molecule has 1 aliphatic carbocycles. The Hall–Kier alpha value is -3.44. The van der Waals surface area contributed by atoms with E-state index in [9.17, 15) is 4.79 Å². The van der Waals surface area contributed by atoms with Crippen molar-refractivity contribution in [2.24, 2.45) is 4.99 Å². The van der Waals surface area contributed by atoms with E-state index in [4.69, 9.17) is 4.99 Å². The van der Waals surface area contributed by atoms with Gasteiger partial charge in [0.1, 0.15) is 11.4 Å². The summed E-state index contributed by atoms with van der Waals surface area (Å²) < 4.78 is 0. The Kier molecular flexibility index (Phi) is 6.48. The predicted molar refractivity (Wildman–Crippen MR) is 157 cm³/mol. The topological polar surface area (TPSA) is 47.9 Å². The summed E-state index contributed by atoms with van der Waals surface area (Å²) in [6, 6.07) is 27.1. The third-order valence-electron chi connectivity index (χ3n) is 9.33. The Balaban J connectivity index is 1.26. The van der Waals surface area contributed by atoms with E-state index >= 15 is 0 Å². The number of hydrogen-bond donors (Lipinski definition) is 1. The zero-order chi connectivity index (χ0) is 26.2. The molecule has 5 heteroatoms. The number of amides is 2. The van der Waals surface area contributed by atoms with E-state index in [0.717, 1.165) is 69.7 Å². The number of carbonyl (C=O) groups is 1. The van der Waals surface area contributed by atoms with Crippen LogP contribution in [0.2, 0.25) is 0 Å². The molecule has 3 aromatic rings. The van der Waals surface area contributed by atoms with E-state index in [1.165, 1.54) is 47.1 Å². The second-order valence-corrected chi connectivity index (χ2v) is 12.0. The number of anilines is 1. The molecule has 2 saturated heterocycles. The van der Waals surface area contributed by atoms with Crippen molar-refractivity contribution in [2.45, 2.75) is 75.9 Å². The normalized spacial score (nSPS) is 26.3. The number of nitrogens with zero attached hydrogens (tertiary/aromatic N) is 3. The Labute approximate surface area is 231 Å². The molecule has 0 unspecified atom stereocenters. The maximum atomic E-state index is 13.6. The Morgan fingerprint density at radius 3 is 1.77 bits per heavy atom. The second kappa shape index (κ2) is 10.3. The number of urea groups is 1. The first-order chi connectivity index (χ1) is 19.1. The van der Waals surface area contributed by atoms with Gasteiger partial charge in [-0.15, -0.1) is 0 Å². The van der Waals surface area contributed by atoms with Gasteiger partial charge in [0.2, 0.25) is 0 Å². The number of nitrogens with one attached hydrogen (secondary N) is 1. The van der Waals surface area contributed by atoms with Crippen molar-refractivity contribution in [2.75, 3.05) is 18.0 Å². The molecule has 39 heavy (non-hydrogen) atoms. The predicted octanol–water partition coefficient (Wildman–Crippen LogP) is 6.48. The van der Waals surface area contributed by atoms with Crippen LogP contribution in [-0.4, -0.2) is 41.4 Å². The highest BCUT2D eigenvalue weighted by Crippen LogP contribution is 2.39. The molecule has 8 bridgehead atoms. The summed E-state index contributed by atoms with van der Waals surface area (Å²) in [7, 11) is 0. The third-order valence-corrected chi connectivity index (χ3v) is 9.33. The fourth-order valence-corrected chi connectivity index (χ4v) is 7.05. The van der Waals surface area contributed by atoms with E-state index in [1.54, 1.807) is 0 Å². The number of aliphatic imine (C=N–C) groups is 1. The van der Waals surface area contributed by atoms with Crippen LogP contribution in [0.3, 0.4) is 0 Å². The van der Waals surface area contributed by atoms with Crippen LogP contribution < -0.4 is 10.2 Å². The Morgan fingerprint density at radius 1 is 0.692 bits per heavy atom. The zero-order valence-electron chi connectivity index (χ0n) is 22.7. The molecule has 1 spiro atoms. The summed E-state index contributed by atoms with van der Waals surface area (Å²) in [5, 5.41) is 3.26. The van der Waals surface area contributed by atoms with Crippen LogP contribution in [0.25, 0.3) is 0 Å². The van der Waals surface area contributed by atoms with E-state index in [2.05, 4.69) is 83.0 Å². The fraction of sp³-hybridized carbons (Fsp3) is 0.412. The van der Waals surface area contributed by atoms with Crippen molar-refractivity contribution in [3.63, 3.8) is 0 Å². The first-order valence-corrected chi connectivity index (χ1v) is 14.8. The lowest BCUT2D eigenvalue weighted by Gasteiger charge is -2.44. The molecule has 9 heterocycles. The molecule has 2 amide bonds. The average Bonchev–Trinajstić information content (AvgIpc) is 3.22. The molecule has 0 radical (unpaired) electrons. The van der Waals surface area contributed by atoms with Crippen molar-refractivity contribution < 1.29 is 4.79 Å². The van der Waals surface area contributed by atoms with Crippen molar-refractivity contribution in [3.05, 3.63) is 101 Å². The van der Waals surface area contributed by atoms with Gasteiger partial charge >= 0.3 is 6.03 Å². The highest BCUT2D eigenvalue weighted by Gasteiger charge is 2.53. The standard InChI is InChI=1S/C34H38N4O/c39-33-36-32(35-30-4-2-1-3-5-30)34-18-20-37(21-19-34)24-29-12-10-27(11-13-29)22-25-6-8-26(9-7-25)23-28-14-16-31(17-15-28)38(33)34/h6-17,30H,1-5,18-24H2,(H,35,36,39). The largest absolute Gasteiger partial charge is 0.328 e. The number of benzene rings is 3.